The lowest BCUT2D eigenvalue weighted by atomic mass is 10.1. The maximum Gasteiger partial charge on any atom is 0.270 e. The first kappa shape index (κ1) is 24.8. The van der Waals surface area contributed by atoms with Crippen LogP contribution in [0.1, 0.15) is 16.8 Å². The summed E-state index contributed by atoms with van der Waals surface area (Å²) in [5.41, 5.74) is 3.85. The second kappa shape index (κ2) is 11.4. The third kappa shape index (κ3) is 6.38. The van der Waals surface area contributed by atoms with Crippen LogP contribution in [0, 0.1) is 10.1 Å². The lowest BCUT2D eigenvalue weighted by molar-refractivity contribution is -0.384. The standard InChI is InChI=1S/C23H21N3O4.H3NO2S/c1-29-19-8-3-16(4-9-19)13-23-21-14-18(26(27)28)7-12-22(21)24-25(23)15-17-5-10-20(30-2)11-6-17;1-4(2)3/h3-12,14H,13,15H2,1-2H3;1H2,(H,2,3)/p-1. The molecule has 0 radical (unpaired) electrons. The van der Waals surface area contributed by atoms with Crippen molar-refractivity contribution in [2.75, 3.05) is 14.2 Å². The van der Waals surface area contributed by atoms with Crippen LogP contribution in [-0.2, 0) is 24.2 Å². The SMILES string of the molecule is COc1ccc(Cc2c3cc([N+](=O)[O-])ccc3nn2Cc2ccc(OC)cc2)cc1.NS(=O)[O-]. The van der Waals surface area contributed by atoms with Crippen LogP contribution in [0.5, 0.6) is 11.5 Å². The van der Waals surface area contributed by atoms with E-state index in [1.165, 1.54) is 6.07 Å². The fourth-order valence-corrected chi connectivity index (χ4v) is 3.44. The number of non-ortho nitro benzene ring substituents is 1. The molecule has 0 saturated carbocycles. The molecule has 0 spiro atoms. The maximum absolute atomic E-state index is 11.3. The van der Waals surface area contributed by atoms with Crippen LogP contribution in [0.4, 0.5) is 5.69 Å². The van der Waals surface area contributed by atoms with Crippen LogP contribution in [-0.4, -0.2) is 37.7 Å². The van der Waals surface area contributed by atoms with Crippen molar-refractivity contribution < 1.29 is 23.2 Å². The summed E-state index contributed by atoms with van der Waals surface area (Å²) in [6, 6.07) is 20.4. The normalized spacial score (nSPS) is 11.4. The van der Waals surface area contributed by atoms with Gasteiger partial charge in [-0.05, 0) is 41.5 Å². The van der Waals surface area contributed by atoms with Gasteiger partial charge in [-0.15, -0.1) is 0 Å². The minimum atomic E-state index is -2.36. The molecule has 4 aromatic rings. The number of nitro benzene ring substituents is 1. The van der Waals surface area contributed by atoms with E-state index in [1.54, 1.807) is 26.4 Å². The summed E-state index contributed by atoms with van der Waals surface area (Å²) in [6.45, 7) is 0.554. The van der Waals surface area contributed by atoms with Gasteiger partial charge < -0.3 is 14.0 Å². The molecular weight excluding hydrogens is 460 g/mol. The molecule has 1 unspecified atom stereocenters. The molecule has 2 N–H and O–H groups in total. The molecule has 0 amide bonds. The van der Waals surface area contributed by atoms with Crippen LogP contribution in [0.25, 0.3) is 10.9 Å². The minimum Gasteiger partial charge on any atom is -0.760 e. The van der Waals surface area contributed by atoms with Gasteiger partial charge in [-0.1, -0.05) is 24.3 Å². The number of nitrogens with two attached hydrogens (primary N) is 1. The average Bonchev–Trinajstić information content (AvgIpc) is 3.15. The number of benzene rings is 3. The van der Waals surface area contributed by atoms with E-state index in [1.807, 2.05) is 53.2 Å². The van der Waals surface area contributed by atoms with Crippen LogP contribution >= 0.6 is 0 Å². The molecule has 4 rings (SSSR count). The molecule has 0 bridgehead atoms. The van der Waals surface area contributed by atoms with Gasteiger partial charge in [0.15, 0.2) is 0 Å². The summed E-state index contributed by atoms with van der Waals surface area (Å²) in [4.78, 5) is 10.9. The van der Waals surface area contributed by atoms with Gasteiger partial charge in [-0.25, -0.2) is 0 Å². The number of rotatable bonds is 7. The fourth-order valence-electron chi connectivity index (χ4n) is 3.44. The highest BCUT2D eigenvalue weighted by molar-refractivity contribution is 7.76. The van der Waals surface area contributed by atoms with Crippen LogP contribution < -0.4 is 14.6 Å². The van der Waals surface area contributed by atoms with Gasteiger partial charge >= 0.3 is 0 Å². The highest BCUT2D eigenvalue weighted by Crippen LogP contribution is 2.27. The zero-order valence-corrected chi connectivity index (χ0v) is 19.4. The topological polar surface area (TPSA) is 146 Å². The van der Waals surface area contributed by atoms with Crippen molar-refractivity contribution in [2.45, 2.75) is 13.0 Å². The van der Waals surface area contributed by atoms with Gasteiger partial charge in [0.25, 0.3) is 5.69 Å². The van der Waals surface area contributed by atoms with Gasteiger partial charge in [0.2, 0.25) is 0 Å². The Morgan fingerprint density at radius 2 is 1.50 bits per heavy atom. The first-order chi connectivity index (χ1) is 16.3. The molecule has 0 fully saturated rings. The predicted octanol–water partition coefficient (Wildman–Crippen LogP) is 3.34. The third-order valence-corrected chi connectivity index (χ3v) is 5.06. The van der Waals surface area contributed by atoms with E-state index in [2.05, 4.69) is 5.14 Å². The van der Waals surface area contributed by atoms with Crippen LogP contribution in [0.2, 0.25) is 0 Å². The van der Waals surface area contributed by atoms with E-state index < -0.39 is 11.3 Å². The summed E-state index contributed by atoms with van der Waals surface area (Å²) in [5, 5.41) is 20.8. The summed E-state index contributed by atoms with van der Waals surface area (Å²) < 4.78 is 29.9. The largest absolute Gasteiger partial charge is 0.760 e. The summed E-state index contributed by atoms with van der Waals surface area (Å²) in [6.07, 6.45) is 0.595. The zero-order valence-electron chi connectivity index (χ0n) is 18.5. The number of methoxy groups -OCH3 is 2. The second-order valence-corrected chi connectivity index (χ2v) is 7.72. The number of nitrogens with zero attached hydrogens (tertiary/aromatic N) is 3. The second-order valence-electron chi connectivity index (χ2n) is 7.20. The van der Waals surface area contributed by atoms with E-state index >= 15 is 0 Å². The summed E-state index contributed by atoms with van der Waals surface area (Å²) >= 11 is -2.36. The zero-order chi connectivity index (χ0) is 24.7. The van der Waals surface area contributed by atoms with Gasteiger partial charge in [0.05, 0.1) is 36.9 Å². The predicted molar refractivity (Wildman–Crippen MR) is 127 cm³/mol. The summed E-state index contributed by atoms with van der Waals surface area (Å²) in [7, 11) is 3.26. The molecule has 0 aliphatic carbocycles. The molecule has 3 aromatic carbocycles. The Kier molecular flexibility index (Phi) is 8.30. The van der Waals surface area contributed by atoms with Crippen molar-refractivity contribution in [3.05, 3.63) is 93.7 Å². The molecule has 11 heteroatoms. The van der Waals surface area contributed by atoms with Crippen molar-refractivity contribution in [3.63, 3.8) is 0 Å². The Balaban J connectivity index is 0.000000751. The van der Waals surface area contributed by atoms with E-state index in [9.17, 15) is 10.1 Å². The Bertz CT molecular complexity index is 1290. The number of nitro groups is 1. The van der Waals surface area contributed by atoms with Crippen molar-refractivity contribution in [3.8, 4) is 11.5 Å². The van der Waals surface area contributed by atoms with E-state index in [-0.39, 0.29) is 10.6 Å². The van der Waals surface area contributed by atoms with Crippen LogP contribution in [0.15, 0.2) is 66.7 Å². The molecule has 178 valence electrons. The Morgan fingerprint density at radius 1 is 0.971 bits per heavy atom. The lowest BCUT2D eigenvalue weighted by Gasteiger charge is -2.10. The van der Waals surface area contributed by atoms with E-state index in [4.69, 9.17) is 23.3 Å². The van der Waals surface area contributed by atoms with Crippen molar-refractivity contribution in [1.29, 1.82) is 0 Å². The fraction of sp³-hybridized carbons (Fsp3) is 0.174. The maximum atomic E-state index is 11.3. The first-order valence-corrected chi connectivity index (χ1v) is 11.2. The number of ether oxygens (including phenoxy) is 2. The lowest BCUT2D eigenvalue weighted by Crippen LogP contribution is -2.07. The molecule has 0 aliphatic rings. The number of fused-ring (bicyclic) bond motifs is 1. The highest BCUT2D eigenvalue weighted by Gasteiger charge is 2.16. The van der Waals surface area contributed by atoms with Crippen LogP contribution in [0.3, 0.4) is 0 Å². The van der Waals surface area contributed by atoms with Crippen molar-refractivity contribution in [1.82, 2.24) is 9.78 Å². The summed E-state index contributed by atoms with van der Waals surface area (Å²) in [5.74, 6) is 1.57. The minimum absolute atomic E-state index is 0.0579. The Labute approximate surface area is 198 Å². The number of hydrogen-bond acceptors (Lipinski definition) is 7. The van der Waals surface area contributed by atoms with Gasteiger partial charge in [0, 0.05) is 35.2 Å². The number of hydrogen-bond donors (Lipinski definition) is 1. The smallest absolute Gasteiger partial charge is 0.270 e. The molecule has 10 nitrogen and oxygen atoms in total. The molecule has 1 heterocycles. The van der Waals surface area contributed by atoms with Crippen molar-refractivity contribution in [2.24, 2.45) is 5.14 Å². The van der Waals surface area contributed by atoms with E-state index in [0.29, 0.717) is 13.0 Å². The van der Waals surface area contributed by atoms with E-state index in [0.717, 1.165) is 39.2 Å². The molecule has 34 heavy (non-hydrogen) atoms. The molecule has 1 atom stereocenters. The molecular formula is C23H23N4O6S-. The van der Waals surface area contributed by atoms with Gasteiger partial charge in [0.1, 0.15) is 11.5 Å². The molecule has 0 saturated heterocycles. The molecule has 1 aromatic heterocycles. The van der Waals surface area contributed by atoms with Gasteiger partial charge in [-0.3, -0.25) is 24.1 Å². The first-order valence-electron chi connectivity index (χ1n) is 10.0. The van der Waals surface area contributed by atoms with Gasteiger partial charge in [-0.2, -0.15) is 5.10 Å². The Morgan fingerprint density at radius 3 is 2.00 bits per heavy atom. The number of aromatic nitrogens is 2. The van der Waals surface area contributed by atoms with Crippen molar-refractivity contribution >= 4 is 27.9 Å². The highest BCUT2D eigenvalue weighted by atomic mass is 32.2. The monoisotopic (exact) mass is 483 g/mol. The molecule has 0 aliphatic heterocycles. The third-order valence-electron chi connectivity index (χ3n) is 5.06. The quantitative estimate of drug-likeness (QED) is 0.241. The average molecular weight is 484 g/mol. The Hall–Kier alpha value is -3.80.